The van der Waals surface area contributed by atoms with E-state index in [1.54, 1.807) is 0 Å². The van der Waals surface area contributed by atoms with Gasteiger partial charge in [0.1, 0.15) is 0 Å². The summed E-state index contributed by atoms with van der Waals surface area (Å²) in [5.74, 6) is 0.885. The van der Waals surface area contributed by atoms with Gasteiger partial charge >= 0.3 is 0 Å². The summed E-state index contributed by atoms with van der Waals surface area (Å²) < 4.78 is 0. The number of nitrogens with zero attached hydrogens (tertiary/aromatic N) is 2. The average molecular weight is 265 g/mol. The first-order valence-corrected chi connectivity index (χ1v) is 8.08. The maximum atomic E-state index is 3.40. The third-order valence-electron chi connectivity index (χ3n) is 4.49. The van der Waals surface area contributed by atoms with Crippen molar-refractivity contribution in [1.82, 2.24) is 15.1 Å². The van der Waals surface area contributed by atoms with E-state index >= 15 is 0 Å². The van der Waals surface area contributed by atoms with Crippen molar-refractivity contribution in [3.8, 4) is 0 Å². The Bertz CT molecular complexity index is 269. The number of allylic oxidation sites excluding steroid dienone is 1. The van der Waals surface area contributed by atoms with E-state index in [1.165, 1.54) is 45.4 Å². The maximum Gasteiger partial charge on any atom is 0.0164 e. The van der Waals surface area contributed by atoms with E-state index in [2.05, 4.69) is 41.1 Å². The van der Waals surface area contributed by atoms with Crippen molar-refractivity contribution in [1.29, 1.82) is 0 Å². The zero-order valence-corrected chi connectivity index (χ0v) is 12.8. The van der Waals surface area contributed by atoms with E-state index in [0.717, 1.165) is 25.6 Å². The van der Waals surface area contributed by atoms with Gasteiger partial charge in [-0.2, -0.15) is 0 Å². The van der Waals surface area contributed by atoms with Crippen molar-refractivity contribution in [3.63, 3.8) is 0 Å². The lowest BCUT2D eigenvalue weighted by atomic mass is 9.94. The Morgan fingerprint density at radius 1 is 1.16 bits per heavy atom. The molecule has 1 N–H and O–H groups in total. The molecule has 0 aromatic rings. The Labute approximate surface area is 119 Å². The molecule has 0 saturated carbocycles. The zero-order valence-electron chi connectivity index (χ0n) is 12.8. The molecule has 3 heteroatoms. The van der Waals surface area contributed by atoms with E-state index in [1.807, 2.05) is 0 Å². The van der Waals surface area contributed by atoms with Crippen molar-refractivity contribution in [2.75, 3.05) is 45.8 Å². The number of nitrogens with one attached hydrogen (secondary N) is 1. The van der Waals surface area contributed by atoms with Crippen LogP contribution in [-0.4, -0.2) is 61.7 Å². The molecule has 0 aromatic carbocycles. The fourth-order valence-corrected chi connectivity index (χ4v) is 3.16. The van der Waals surface area contributed by atoms with Crippen LogP contribution in [0.1, 0.15) is 33.1 Å². The highest BCUT2D eigenvalue weighted by Crippen LogP contribution is 2.21. The van der Waals surface area contributed by atoms with Gasteiger partial charge in [0.25, 0.3) is 0 Å². The summed E-state index contributed by atoms with van der Waals surface area (Å²) in [6.45, 7) is 13.1. The SMILES string of the molecule is CC(C)N1CCCC(C/C=C\CN2CCNCC2)C1. The molecule has 1 atom stereocenters. The van der Waals surface area contributed by atoms with Crippen LogP contribution in [-0.2, 0) is 0 Å². The molecule has 1 unspecified atom stereocenters. The van der Waals surface area contributed by atoms with Crippen molar-refractivity contribution in [2.45, 2.75) is 39.2 Å². The molecule has 2 fully saturated rings. The molecule has 2 heterocycles. The Kier molecular flexibility index (Phi) is 6.35. The van der Waals surface area contributed by atoms with E-state index < -0.39 is 0 Å². The van der Waals surface area contributed by atoms with Crippen molar-refractivity contribution >= 4 is 0 Å². The molecule has 2 aliphatic heterocycles. The van der Waals surface area contributed by atoms with Gasteiger partial charge in [-0.1, -0.05) is 12.2 Å². The maximum absolute atomic E-state index is 3.40. The molecule has 2 aliphatic rings. The third-order valence-corrected chi connectivity index (χ3v) is 4.49. The van der Waals surface area contributed by atoms with Crippen molar-refractivity contribution in [3.05, 3.63) is 12.2 Å². The summed E-state index contributed by atoms with van der Waals surface area (Å²) in [6.07, 6.45) is 8.89. The standard InChI is InChI=1S/C16H31N3/c1-15(2)19-11-5-7-16(14-19)6-3-4-10-18-12-8-17-9-13-18/h3-4,15-17H,5-14H2,1-2H3/b4-3-. The third kappa shape index (κ3) is 5.25. The minimum atomic E-state index is 0.715. The molecule has 110 valence electrons. The van der Waals surface area contributed by atoms with Crippen LogP contribution in [0.25, 0.3) is 0 Å². The lowest BCUT2D eigenvalue weighted by molar-refractivity contribution is 0.141. The number of likely N-dealkylation sites (tertiary alicyclic amines) is 1. The number of hydrogen-bond acceptors (Lipinski definition) is 3. The molecule has 19 heavy (non-hydrogen) atoms. The molecule has 2 saturated heterocycles. The quantitative estimate of drug-likeness (QED) is 0.767. The molecule has 0 aromatic heterocycles. The second-order valence-corrected chi connectivity index (χ2v) is 6.35. The van der Waals surface area contributed by atoms with Gasteiger partial charge in [0.2, 0.25) is 0 Å². The van der Waals surface area contributed by atoms with Crippen molar-refractivity contribution < 1.29 is 0 Å². The number of rotatable bonds is 5. The minimum Gasteiger partial charge on any atom is -0.314 e. The number of hydrogen-bond donors (Lipinski definition) is 1. The summed E-state index contributed by atoms with van der Waals surface area (Å²) >= 11 is 0. The molecular weight excluding hydrogens is 234 g/mol. The molecule has 0 bridgehead atoms. The molecule has 2 rings (SSSR count). The summed E-state index contributed by atoms with van der Waals surface area (Å²) in [4.78, 5) is 5.17. The van der Waals surface area contributed by atoms with Crippen LogP contribution in [0.5, 0.6) is 0 Å². The van der Waals surface area contributed by atoms with E-state index in [9.17, 15) is 0 Å². The van der Waals surface area contributed by atoms with Gasteiger partial charge in [0, 0.05) is 45.3 Å². The Morgan fingerprint density at radius 2 is 1.95 bits per heavy atom. The monoisotopic (exact) mass is 265 g/mol. The zero-order chi connectivity index (χ0) is 13.5. The Hall–Kier alpha value is -0.380. The highest BCUT2D eigenvalue weighted by Gasteiger charge is 2.20. The molecular formula is C16H31N3. The van der Waals surface area contributed by atoms with Gasteiger partial charge in [-0.15, -0.1) is 0 Å². The molecule has 0 spiro atoms. The molecule has 0 amide bonds. The summed E-state index contributed by atoms with van der Waals surface area (Å²) in [6, 6.07) is 0.715. The first-order chi connectivity index (χ1) is 9.25. The summed E-state index contributed by atoms with van der Waals surface area (Å²) in [5, 5.41) is 3.40. The topological polar surface area (TPSA) is 18.5 Å². The van der Waals surface area contributed by atoms with Gasteiger partial charge in [0.05, 0.1) is 0 Å². The fourth-order valence-electron chi connectivity index (χ4n) is 3.16. The predicted octanol–water partition coefficient (Wildman–Crippen LogP) is 1.96. The van der Waals surface area contributed by atoms with Crippen LogP contribution < -0.4 is 5.32 Å². The first kappa shape index (κ1) is 15.0. The number of piperidine rings is 1. The second-order valence-electron chi connectivity index (χ2n) is 6.35. The van der Waals surface area contributed by atoms with E-state index in [0.29, 0.717) is 6.04 Å². The van der Waals surface area contributed by atoms with Gasteiger partial charge in [-0.05, 0) is 45.6 Å². The smallest absolute Gasteiger partial charge is 0.0164 e. The second kappa shape index (κ2) is 8.03. The summed E-state index contributed by atoms with van der Waals surface area (Å²) in [5.41, 5.74) is 0. The van der Waals surface area contributed by atoms with Gasteiger partial charge in [-0.25, -0.2) is 0 Å². The normalized spacial score (nSPS) is 27.4. The lowest BCUT2D eigenvalue weighted by Gasteiger charge is -2.35. The lowest BCUT2D eigenvalue weighted by Crippen LogP contribution is -2.43. The predicted molar refractivity (Wildman–Crippen MR) is 82.5 cm³/mol. The van der Waals surface area contributed by atoms with Crippen LogP contribution in [0.3, 0.4) is 0 Å². The van der Waals surface area contributed by atoms with Crippen molar-refractivity contribution in [2.24, 2.45) is 5.92 Å². The Morgan fingerprint density at radius 3 is 2.68 bits per heavy atom. The molecule has 0 aliphatic carbocycles. The van der Waals surface area contributed by atoms with E-state index in [-0.39, 0.29) is 0 Å². The Balaban J connectivity index is 1.63. The van der Waals surface area contributed by atoms with Crippen LogP contribution >= 0.6 is 0 Å². The molecule has 3 nitrogen and oxygen atoms in total. The highest BCUT2D eigenvalue weighted by atomic mass is 15.2. The van der Waals surface area contributed by atoms with Crippen LogP contribution in [0, 0.1) is 5.92 Å². The molecule has 0 radical (unpaired) electrons. The fraction of sp³-hybridized carbons (Fsp3) is 0.875. The van der Waals surface area contributed by atoms with E-state index in [4.69, 9.17) is 0 Å². The van der Waals surface area contributed by atoms with Crippen LogP contribution in [0.2, 0.25) is 0 Å². The highest BCUT2D eigenvalue weighted by molar-refractivity contribution is 4.89. The summed E-state index contributed by atoms with van der Waals surface area (Å²) in [7, 11) is 0. The largest absolute Gasteiger partial charge is 0.314 e. The van der Waals surface area contributed by atoms with Gasteiger partial charge in [0.15, 0.2) is 0 Å². The minimum absolute atomic E-state index is 0.715. The number of piperazine rings is 1. The van der Waals surface area contributed by atoms with Gasteiger partial charge < -0.3 is 10.2 Å². The van der Waals surface area contributed by atoms with Gasteiger partial charge in [-0.3, -0.25) is 4.90 Å². The van der Waals surface area contributed by atoms with Crippen LogP contribution in [0.4, 0.5) is 0 Å². The van der Waals surface area contributed by atoms with Crippen LogP contribution in [0.15, 0.2) is 12.2 Å². The average Bonchev–Trinajstić information content (AvgIpc) is 2.45. The first-order valence-electron chi connectivity index (χ1n) is 8.08.